The molecule has 0 spiro atoms. The lowest BCUT2D eigenvalue weighted by atomic mass is 9.78. The van der Waals surface area contributed by atoms with Crippen molar-refractivity contribution in [3.63, 3.8) is 0 Å². The number of aromatic nitrogens is 5. The Kier molecular flexibility index (Phi) is 5.64. The monoisotopic (exact) mass is 398 g/mol. The smallest absolute Gasteiger partial charge is 0.306 e. The Morgan fingerprint density at radius 2 is 1.97 bits per heavy atom. The molecule has 0 saturated carbocycles. The molecule has 1 aliphatic heterocycles. The second-order valence-electron chi connectivity index (χ2n) is 7.21. The number of fused-ring (bicyclic) bond motifs is 1. The van der Waals surface area contributed by atoms with Crippen molar-refractivity contribution in [2.24, 2.45) is 5.92 Å². The molecule has 0 unspecified atom stereocenters. The van der Waals surface area contributed by atoms with E-state index in [1.54, 1.807) is 19.1 Å². The summed E-state index contributed by atoms with van der Waals surface area (Å²) in [7, 11) is 0. The van der Waals surface area contributed by atoms with Gasteiger partial charge in [-0.15, -0.1) is 14.8 Å². The molecule has 3 aromatic rings. The van der Waals surface area contributed by atoms with Gasteiger partial charge in [-0.25, -0.2) is 4.39 Å². The molecular weight excluding hydrogens is 375 g/mol. The minimum Gasteiger partial charge on any atom is -0.466 e. The van der Waals surface area contributed by atoms with E-state index in [1.165, 1.54) is 16.8 Å². The number of ether oxygens (including phenoxy) is 1. The van der Waals surface area contributed by atoms with Crippen LogP contribution in [0, 0.1) is 11.7 Å². The maximum absolute atomic E-state index is 13.4. The Morgan fingerprint density at radius 1 is 1.21 bits per heavy atom. The summed E-state index contributed by atoms with van der Waals surface area (Å²) in [6.45, 7) is 3.79. The number of benzene rings is 1. The summed E-state index contributed by atoms with van der Waals surface area (Å²) in [4.78, 5) is 14.4. The maximum Gasteiger partial charge on any atom is 0.306 e. The van der Waals surface area contributed by atoms with Crippen LogP contribution in [-0.4, -0.2) is 50.9 Å². The molecule has 0 bridgehead atoms. The predicted octanol–water partition coefficient (Wildman–Crippen LogP) is 2.61. The van der Waals surface area contributed by atoms with Gasteiger partial charge in [0, 0.05) is 13.1 Å². The number of nitrogens with zero attached hydrogens (tertiary/aromatic N) is 6. The molecule has 1 atom stereocenters. The van der Waals surface area contributed by atoms with Gasteiger partial charge in [-0.3, -0.25) is 4.79 Å². The highest BCUT2D eigenvalue weighted by Gasteiger charge is 2.30. The van der Waals surface area contributed by atoms with E-state index in [-0.39, 0.29) is 17.7 Å². The van der Waals surface area contributed by atoms with Gasteiger partial charge >= 0.3 is 5.97 Å². The van der Waals surface area contributed by atoms with Crippen LogP contribution < -0.4 is 4.90 Å². The largest absolute Gasteiger partial charge is 0.466 e. The van der Waals surface area contributed by atoms with Crippen LogP contribution >= 0.6 is 0 Å². The van der Waals surface area contributed by atoms with Gasteiger partial charge in [-0.1, -0.05) is 12.1 Å². The van der Waals surface area contributed by atoms with Gasteiger partial charge in [-0.05, 0) is 71.9 Å². The molecule has 9 heteroatoms. The van der Waals surface area contributed by atoms with Gasteiger partial charge in [0.05, 0.1) is 13.0 Å². The number of rotatable bonds is 6. The summed E-state index contributed by atoms with van der Waals surface area (Å²) in [6.07, 6.45) is 2.10. The van der Waals surface area contributed by atoms with Crippen LogP contribution in [0.4, 0.5) is 10.2 Å². The highest BCUT2D eigenvalue weighted by Crippen LogP contribution is 2.36. The fourth-order valence-electron chi connectivity index (χ4n) is 4.01. The third kappa shape index (κ3) is 4.33. The lowest BCUT2D eigenvalue weighted by molar-refractivity contribution is -0.143. The number of halogens is 1. The van der Waals surface area contributed by atoms with Gasteiger partial charge in [0.2, 0.25) is 0 Å². The van der Waals surface area contributed by atoms with Crippen LogP contribution in [0.1, 0.15) is 37.7 Å². The predicted molar refractivity (Wildman–Crippen MR) is 104 cm³/mol. The van der Waals surface area contributed by atoms with Crippen molar-refractivity contribution in [3.05, 3.63) is 47.8 Å². The van der Waals surface area contributed by atoms with E-state index in [0.29, 0.717) is 24.6 Å². The third-order valence-corrected chi connectivity index (χ3v) is 5.48. The molecule has 1 aromatic carbocycles. The molecule has 0 radical (unpaired) electrons. The molecule has 152 valence electrons. The van der Waals surface area contributed by atoms with Crippen LogP contribution in [0.2, 0.25) is 0 Å². The lowest BCUT2D eigenvalue weighted by Gasteiger charge is -2.36. The zero-order valence-corrected chi connectivity index (χ0v) is 16.2. The first kappa shape index (κ1) is 19.2. The van der Waals surface area contributed by atoms with Crippen molar-refractivity contribution in [2.75, 3.05) is 24.6 Å². The summed E-state index contributed by atoms with van der Waals surface area (Å²) in [5, 5.41) is 15.8. The molecule has 29 heavy (non-hydrogen) atoms. The maximum atomic E-state index is 13.4. The summed E-state index contributed by atoms with van der Waals surface area (Å²) in [6, 6.07) is 10.2. The number of carbonyl (C=O) groups excluding carboxylic acids is 1. The second-order valence-corrected chi connectivity index (χ2v) is 7.21. The number of hydrogen-bond donors (Lipinski definition) is 0. The van der Waals surface area contributed by atoms with Gasteiger partial charge in [0.25, 0.3) is 0 Å². The molecule has 1 aliphatic rings. The third-order valence-electron chi connectivity index (χ3n) is 5.48. The second kappa shape index (κ2) is 8.50. The molecule has 0 aliphatic carbocycles. The molecule has 2 aromatic heterocycles. The fourth-order valence-corrected chi connectivity index (χ4v) is 4.01. The first-order chi connectivity index (χ1) is 14.1. The van der Waals surface area contributed by atoms with Gasteiger partial charge < -0.3 is 9.64 Å². The van der Waals surface area contributed by atoms with Crippen molar-refractivity contribution in [2.45, 2.75) is 32.1 Å². The zero-order valence-electron chi connectivity index (χ0n) is 16.2. The van der Waals surface area contributed by atoms with Crippen LogP contribution in [0.15, 0.2) is 36.4 Å². The van der Waals surface area contributed by atoms with E-state index in [4.69, 9.17) is 4.74 Å². The Hall–Kier alpha value is -3.10. The number of anilines is 1. The molecule has 8 nitrogen and oxygen atoms in total. The van der Waals surface area contributed by atoms with Crippen molar-refractivity contribution in [1.29, 1.82) is 0 Å². The fraction of sp³-hybridized carbons (Fsp3) is 0.450. The van der Waals surface area contributed by atoms with Crippen molar-refractivity contribution in [3.8, 4) is 0 Å². The summed E-state index contributed by atoms with van der Waals surface area (Å²) < 4.78 is 20.0. The van der Waals surface area contributed by atoms with E-state index in [1.807, 2.05) is 12.1 Å². The quantitative estimate of drug-likeness (QED) is 0.590. The van der Waals surface area contributed by atoms with Crippen LogP contribution in [0.25, 0.3) is 5.65 Å². The lowest BCUT2D eigenvalue weighted by Crippen LogP contribution is -2.37. The van der Waals surface area contributed by atoms with Crippen molar-refractivity contribution in [1.82, 2.24) is 25.3 Å². The standard InChI is InChI=1S/C20H23FN6O2/c1-2-29-20(28)13-17(14-3-5-16(21)6-4-14)15-9-11-26(12-10-15)19-8-7-18-22-24-25-27(18)23-19/h3-8,15,17H,2,9-13H2,1H3/t17-/m1/s1. The highest BCUT2D eigenvalue weighted by atomic mass is 19.1. The SMILES string of the molecule is CCOC(=O)C[C@H](c1ccc(F)cc1)C1CCN(c2ccc3nnnn3n2)CC1. The van der Waals surface area contributed by atoms with Crippen LogP contribution in [0.3, 0.4) is 0 Å². The van der Waals surface area contributed by atoms with Gasteiger partial charge in [0.15, 0.2) is 11.5 Å². The van der Waals surface area contributed by atoms with Gasteiger partial charge in [0.1, 0.15) is 5.82 Å². The van der Waals surface area contributed by atoms with Crippen LogP contribution in [0.5, 0.6) is 0 Å². The van der Waals surface area contributed by atoms with E-state index >= 15 is 0 Å². The number of carbonyl (C=O) groups is 1. The molecule has 3 heterocycles. The zero-order chi connectivity index (χ0) is 20.2. The van der Waals surface area contributed by atoms with E-state index < -0.39 is 0 Å². The molecule has 0 amide bonds. The molecular formula is C20H23FN6O2. The topological polar surface area (TPSA) is 85.5 Å². The average Bonchev–Trinajstić information content (AvgIpc) is 3.21. The van der Waals surface area contributed by atoms with Gasteiger partial charge in [-0.2, -0.15) is 0 Å². The van der Waals surface area contributed by atoms with E-state index in [2.05, 4.69) is 25.5 Å². The normalized spacial score (nSPS) is 16.1. The Balaban J connectivity index is 1.47. The molecule has 0 N–H and O–H groups in total. The Bertz CT molecular complexity index is 969. The summed E-state index contributed by atoms with van der Waals surface area (Å²) >= 11 is 0. The number of tetrazole rings is 1. The molecule has 1 saturated heterocycles. The van der Waals surface area contributed by atoms with E-state index in [9.17, 15) is 9.18 Å². The Morgan fingerprint density at radius 3 is 2.69 bits per heavy atom. The summed E-state index contributed by atoms with van der Waals surface area (Å²) in [5.41, 5.74) is 1.58. The number of piperidine rings is 1. The summed E-state index contributed by atoms with van der Waals surface area (Å²) in [5.74, 6) is 0.647. The highest BCUT2D eigenvalue weighted by molar-refractivity contribution is 5.70. The molecule has 1 fully saturated rings. The van der Waals surface area contributed by atoms with E-state index in [0.717, 1.165) is 37.3 Å². The number of hydrogen-bond acceptors (Lipinski definition) is 7. The minimum atomic E-state index is -0.275. The van der Waals surface area contributed by atoms with Crippen LogP contribution in [-0.2, 0) is 9.53 Å². The first-order valence-electron chi connectivity index (χ1n) is 9.85. The minimum absolute atomic E-state index is 0.00625. The van der Waals surface area contributed by atoms with Crippen molar-refractivity contribution < 1.29 is 13.9 Å². The molecule has 4 rings (SSSR count). The average molecular weight is 398 g/mol. The number of esters is 1. The Labute approximate surface area is 167 Å². The van der Waals surface area contributed by atoms with Crippen molar-refractivity contribution >= 4 is 17.4 Å². The first-order valence-corrected chi connectivity index (χ1v) is 9.85.